The predicted molar refractivity (Wildman–Crippen MR) is 71.9 cm³/mol. The lowest BCUT2D eigenvalue weighted by Gasteiger charge is -2.45. The van der Waals surface area contributed by atoms with Gasteiger partial charge in [0, 0.05) is 0 Å². The number of hydrogen-bond donors (Lipinski definition) is 1. The minimum atomic E-state index is -0.0877. The Morgan fingerprint density at radius 2 is 1.82 bits per heavy atom. The van der Waals surface area contributed by atoms with E-state index in [0.717, 1.165) is 12.3 Å². The van der Waals surface area contributed by atoms with Crippen molar-refractivity contribution in [3.63, 3.8) is 0 Å². The van der Waals surface area contributed by atoms with Crippen LogP contribution in [-0.2, 0) is 4.89 Å². The van der Waals surface area contributed by atoms with Gasteiger partial charge in [-0.2, -0.15) is 0 Å². The lowest BCUT2D eigenvalue weighted by atomic mass is 9.64. The number of hydrogen-bond acceptors (Lipinski definition) is 2. The fourth-order valence-electron chi connectivity index (χ4n) is 3.57. The molecule has 0 aromatic rings. The van der Waals surface area contributed by atoms with Gasteiger partial charge in [-0.25, -0.2) is 4.89 Å². The molecule has 1 N–H and O–H groups in total. The van der Waals surface area contributed by atoms with E-state index in [1.165, 1.54) is 19.3 Å². The molecule has 17 heavy (non-hydrogen) atoms. The summed E-state index contributed by atoms with van der Waals surface area (Å²) in [5.74, 6) is 1.49. The van der Waals surface area contributed by atoms with Crippen LogP contribution in [0.4, 0.5) is 0 Å². The smallest absolute Gasteiger partial charge is 0.103 e. The summed E-state index contributed by atoms with van der Waals surface area (Å²) in [4.78, 5) is 4.92. The van der Waals surface area contributed by atoms with Crippen LogP contribution in [0.3, 0.4) is 0 Å². The second kappa shape index (κ2) is 5.27. The molecule has 3 atom stereocenters. The Hall–Kier alpha value is -0.0800. The van der Waals surface area contributed by atoms with Gasteiger partial charge in [-0.1, -0.05) is 48.0 Å². The topological polar surface area (TPSA) is 29.5 Å². The molecule has 0 radical (unpaired) electrons. The Bertz CT molecular complexity index is 245. The average molecular weight is 242 g/mol. The van der Waals surface area contributed by atoms with Gasteiger partial charge in [0.05, 0.1) is 0 Å². The molecule has 0 heterocycles. The Kier molecular flexibility index (Phi) is 4.65. The van der Waals surface area contributed by atoms with Crippen LogP contribution in [0.2, 0.25) is 0 Å². The largest absolute Gasteiger partial charge is 0.251 e. The third kappa shape index (κ3) is 3.03. The molecule has 1 rings (SSSR count). The number of rotatable bonds is 5. The first-order chi connectivity index (χ1) is 7.75. The maximum atomic E-state index is 9.35. The van der Waals surface area contributed by atoms with Gasteiger partial charge in [-0.15, -0.1) is 0 Å². The van der Waals surface area contributed by atoms with E-state index in [9.17, 15) is 5.26 Å². The highest BCUT2D eigenvalue weighted by atomic mass is 17.1. The summed E-state index contributed by atoms with van der Waals surface area (Å²) >= 11 is 0. The molecule has 0 amide bonds. The lowest BCUT2D eigenvalue weighted by molar-refractivity contribution is -0.331. The fraction of sp³-hybridized carbons (Fsp3) is 1.00. The molecular weight excluding hydrogens is 212 g/mol. The van der Waals surface area contributed by atoms with Crippen molar-refractivity contribution in [1.29, 1.82) is 0 Å². The van der Waals surface area contributed by atoms with Crippen molar-refractivity contribution in [2.24, 2.45) is 22.7 Å². The van der Waals surface area contributed by atoms with Crippen LogP contribution in [0.15, 0.2) is 0 Å². The molecule has 1 saturated carbocycles. The summed E-state index contributed by atoms with van der Waals surface area (Å²) in [6.07, 6.45) is 4.79. The molecule has 0 aromatic heterocycles. The quantitative estimate of drug-likeness (QED) is 0.557. The van der Waals surface area contributed by atoms with Crippen molar-refractivity contribution in [2.45, 2.75) is 73.3 Å². The molecule has 3 unspecified atom stereocenters. The van der Waals surface area contributed by atoms with Gasteiger partial charge in [-0.3, -0.25) is 5.26 Å². The van der Waals surface area contributed by atoms with E-state index in [4.69, 9.17) is 4.89 Å². The zero-order valence-corrected chi connectivity index (χ0v) is 12.4. The average Bonchev–Trinajstić information content (AvgIpc) is 2.65. The van der Waals surface area contributed by atoms with E-state index in [0.29, 0.717) is 5.92 Å². The lowest BCUT2D eigenvalue weighted by Crippen LogP contribution is -2.46. The fourth-order valence-corrected chi connectivity index (χ4v) is 3.57. The van der Waals surface area contributed by atoms with E-state index in [-0.39, 0.29) is 16.9 Å². The van der Waals surface area contributed by atoms with E-state index in [1.807, 2.05) is 0 Å². The molecule has 1 fully saturated rings. The Morgan fingerprint density at radius 1 is 1.24 bits per heavy atom. The van der Waals surface area contributed by atoms with Gasteiger partial charge in [0.1, 0.15) is 6.10 Å². The van der Waals surface area contributed by atoms with Crippen molar-refractivity contribution in [2.75, 3.05) is 0 Å². The van der Waals surface area contributed by atoms with Gasteiger partial charge in [0.2, 0.25) is 0 Å². The van der Waals surface area contributed by atoms with Crippen molar-refractivity contribution in [1.82, 2.24) is 0 Å². The van der Waals surface area contributed by atoms with Crippen LogP contribution in [-0.4, -0.2) is 11.4 Å². The highest BCUT2D eigenvalue weighted by molar-refractivity contribution is 4.95. The van der Waals surface area contributed by atoms with Crippen LogP contribution in [0.1, 0.15) is 67.2 Å². The zero-order chi connectivity index (χ0) is 13.3. The summed E-state index contributed by atoms with van der Waals surface area (Å²) < 4.78 is 0. The van der Waals surface area contributed by atoms with Crippen LogP contribution in [0.5, 0.6) is 0 Å². The minimum absolute atomic E-state index is 0.0179. The first-order valence-corrected chi connectivity index (χ1v) is 7.06. The predicted octanol–water partition coefficient (Wildman–Crippen LogP) is 4.74. The molecule has 0 saturated heterocycles. The first kappa shape index (κ1) is 15.0. The summed E-state index contributed by atoms with van der Waals surface area (Å²) in [5, 5.41) is 9.35. The molecular formula is C15H30O2. The second-order valence-corrected chi connectivity index (χ2v) is 7.26. The van der Waals surface area contributed by atoms with E-state index in [2.05, 4.69) is 41.5 Å². The zero-order valence-electron chi connectivity index (χ0n) is 12.4. The van der Waals surface area contributed by atoms with Crippen LogP contribution in [0.25, 0.3) is 0 Å². The summed E-state index contributed by atoms with van der Waals surface area (Å²) in [6.45, 7) is 13.4. The van der Waals surface area contributed by atoms with Gasteiger partial charge in [0.25, 0.3) is 0 Å². The van der Waals surface area contributed by atoms with Crippen molar-refractivity contribution >= 4 is 0 Å². The summed E-state index contributed by atoms with van der Waals surface area (Å²) in [7, 11) is 0. The monoisotopic (exact) mass is 242 g/mol. The standard InChI is InChI=1S/C15H30O2/c1-7-14(3,4)13(17-16)15(5,6)12-9-8-11(2)10-12/h11-13,16H,7-10H2,1-6H3. The third-order valence-electron chi connectivity index (χ3n) is 5.15. The molecule has 102 valence electrons. The van der Waals surface area contributed by atoms with Crippen LogP contribution >= 0.6 is 0 Å². The summed E-state index contributed by atoms with van der Waals surface area (Å²) in [5.41, 5.74) is 0.0586. The van der Waals surface area contributed by atoms with E-state index >= 15 is 0 Å². The molecule has 2 heteroatoms. The van der Waals surface area contributed by atoms with Gasteiger partial charge in [-0.05, 0) is 41.9 Å². The van der Waals surface area contributed by atoms with Gasteiger partial charge < -0.3 is 0 Å². The molecule has 0 bridgehead atoms. The summed E-state index contributed by atoms with van der Waals surface area (Å²) in [6, 6.07) is 0. The van der Waals surface area contributed by atoms with Gasteiger partial charge >= 0.3 is 0 Å². The molecule has 0 spiro atoms. The molecule has 1 aliphatic rings. The maximum Gasteiger partial charge on any atom is 0.103 e. The van der Waals surface area contributed by atoms with Crippen molar-refractivity contribution < 1.29 is 10.1 Å². The minimum Gasteiger partial charge on any atom is -0.251 e. The van der Waals surface area contributed by atoms with E-state index in [1.54, 1.807) is 0 Å². The molecule has 0 aliphatic heterocycles. The second-order valence-electron chi connectivity index (χ2n) is 7.26. The van der Waals surface area contributed by atoms with Crippen LogP contribution < -0.4 is 0 Å². The first-order valence-electron chi connectivity index (χ1n) is 7.06. The maximum absolute atomic E-state index is 9.35. The Labute approximate surface area is 107 Å². The highest BCUT2D eigenvalue weighted by Gasteiger charge is 2.47. The SMILES string of the molecule is CCC(C)(C)C(OO)C(C)(C)C1CCC(C)C1. The molecule has 1 aliphatic carbocycles. The Balaban J connectivity index is 2.86. The molecule has 2 nitrogen and oxygen atoms in total. The van der Waals surface area contributed by atoms with Gasteiger partial charge in [0.15, 0.2) is 0 Å². The van der Waals surface area contributed by atoms with E-state index < -0.39 is 0 Å². The van der Waals surface area contributed by atoms with Crippen molar-refractivity contribution in [3.05, 3.63) is 0 Å². The normalized spacial score (nSPS) is 28.4. The Morgan fingerprint density at radius 3 is 2.18 bits per heavy atom. The molecule has 0 aromatic carbocycles. The van der Waals surface area contributed by atoms with Crippen molar-refractivity contribution in [3.8, 4) is 0 Å². The van der Waals surface area contributed by atoms with Crippen LogP contribution in [0, 0.1) is 22.7 Å². The highest BCUT2D eigenvalue weighted by Crippen LogP contribution is 2.49. The third-order valence-corrected chi connectivity index (χ3v) is 5.15.